The highest BCUT2D eigenvalue weighted by Gasteiger charge is 2.14. The normalized spacial score (nSPS) is 10.2. The topological polar surface area (TPSA) is 79.3 Å². The maximum Gasteiger partial charge on any atom is 0.261 e. The Morgan fingerprint density at radius 2 is 2.11 bits per heavy atom. The number of ketones is 1. The molecule has 1 aromatic heterocycles. The molecule has 0 atom stereocenters. The molecule has 1 heterocycles. The number of benzene rings is 1. The van der Waals surface area contributed by atoms with Crippen molar-refractivity contribution in [1.82, 2.24) is 4.98 Å². The van der Waals surface area contributed by atoms with E-state index in [0.29, 0.717) is 10.8 Å². The molecule has 19 heavy (non-hydrogen) atoms. The molecule has 0 saturated carbocycles. The van der Waals surface area contributed by atoms with E-state index in [9.17, 15) is 14.7 Å². The molecule has 0 radical (unpaired) electrons. The predicted octanol–water partition coefficient (Wildman–Crippen LogP) is 2.61. The number of nitrogens with one attached hydrogen (secondary N) is 1. The van der Waals surface area contributed by atoms with Gasteiger partial charge >= 0.3 is 0 Å². The first-order valence-corrected chi connectivity index (χ1v) is 6.43. The third-order valence-corrected chi connectivity index (χ3v) is 3.24. The average Bonchev–Trinajstić information content (AvgIpc) is 2.80. The largest absolute Gasteiger partial charge is 0.507 e. The molecule has 0 aliphatic heterocycles. The van der Waals surface area contributed by atoms with Crippen LogP contribution >= 0.6 is 11.3 Å². The molecule has 98 valence electrons. The number of hydrogen-bond donors (Lipinski definition) is 2. The smallest absolute Gasteiger partial charge is 0.261 e. The van der Waals surface area contributed by atoms with Crippen LogP contribution in [-0.2, 0) is 0 Å². The molecule has 5 nitrogen and oxygen atoms in total. The molecular formula is C13H12N2O3S. The highest BCUT2D eigenvalue weighted by Crippen LogP contribution is 2.21. The Kier molecular flexibility index (Phi) is 3.62. The van der Waals surface area contributed by atoms with Gasteiger partial charge in [-0.25, -0.2) is 4.98 Å². The summed E-state index contributed by atoms with van der Waals surface area (Å²) in [6.45, 7) is 3.24. The van der Waals surface area contributed by atoms with E-state index < -0.39 is 5.91 Å². The molecule has 6 heteroatoms. The number of aryl methyl sites for hydroxylation is 1. The molecule has 1 amide bonds. The second-order valence-electron chi connectivity index (χ2n) is 4.07. The Morgan fingerprint density at radius 1 is 1.37 bits per heavy atom. The van der Waals surface area contributed by atoms with Crippen molar-refractivity contribution in [2.75, 3.05) is 5.32 Å². The molecule has 2 N–H and O–H groups in total. The van der Waals surface area contributed by atoms with Crippen molar-refractivity contribution in [2.24, 2.45) is 0 Å². The summed E-state index contributed by atoms with van der Waals surface area (Å²) in [5.74, 6) is -0.702. The van der Waals surface area contributed by atoms with Crippen molar-refractivity contribution in [1.29, 1.82) is 0 Å². The fourth-order valence-corrected chi connectivity index (χ4v) is 2.23. The van der Waals surface area contributed by atoms with Crippen molar-refractivity contribution >= 4 is 28.2 Å². The van der Waals surface area contributed by atoms with Crippen molar-refractivity contribution in [3.8, 4) is 5.75 Å². The number of rotatable bonds is 3. The molecule has 0 bridgehead atoms. The number of carbonyl (C=O) groups is 2. The number of aromatic nitrogens is 1. The van der Waals surface area contributed by atoms with Crippen LogP contribution in [-0.4, -0.2) is 21.8 Å². The van der Waals surface area contributed by atoms with Gasteiger partial charge in [-0.05, 0) is 19.1 Å². The van der Waals surface area contributed by atoms with Gasteiger partial charge in [0.25, 0.3) is 5.91 Å². The predicted molar refractivity (Wildman–Crippen MR) is 72.9 cm³/mol. The summed E-state index contributed by atoms with van der Waals surface area (Å²) in [5, 5.41) is 14.1. The Balaban J connectivity index is 2.20. The molecule has 2 aromatic rings. The van der Waals surface area contributed by atoms with E-state index in [1.165, 1.54) is 24.3 Å². The molecule has 0 aliphatic carbocycles. The number of Topliss-reactive ketones (excluding diaryl/α,β-unsaturated/α-hetero) is 1. The first-order valence-electron chi connectivity index (χ1n) is 5.55. The first-order chi connectivity index (χ1) is 8.97. The fourth-order valence-electron chi connectivity index (χ4n) is 1.49. The van der Waals surface area contributed by atoms with Crippen LogP contribution < -0.4 is 5.32 Å². The van der Waals surface area contributed by atoms with Crippen molar-refractivity contribution in [3.63, 3.8) is 0 Å². The van der Waals surface area contributed by atoms with E-state index in [2.05, 4.69) is 10.3 Å². The number of nitrogens with zero attached hydrogens (tertiary/aromatic N) is 1. The molecule has 0 aliphatic rings. The van der Waals surface area contributed by atoms with Gasteiger partial charge < -0.3 is 5.11 Å². The second kappa shape index (κ2) is 5.19. The van der Waals surface area contributed by atoms with Crippen LogP contribution in [0.2, 0.25) is 0 Å². The maximum absolute atomic E-state index is 12.0. The minimum Gasteiger partial charge on any atom is -0.507 e. The zero-order chi connectivity index (χ0) is 14.0. The molecule has 2 rings (SSSR count). The Hall–Kier alpha value is -2.21. The lowest BCUT2D eigenvalue weighted by atomic mass is 10.1. The lowest BCUT2D eigenvalue weighted by Gasteiger charge is -2.05. The van der Waals surface area contributed by atoms with Crippen LogP contribution in [0.15, 0.2) is 23.6 Å². The SMILES string of the molecule is CC(=O)c1csc(NC(=O)c2cc(C)ccc2O)n1. The lowest BCUT2D eigenvalue weighted by Crippen LogP contribution is -2.12. The highest BCUT2D eigenvalue weighted by atomic mass is 32.1. The van der Waals surface area contributed by atoms with Crippen molar-refractivity contribution in [3.05, 3.63) is 40.4 Å². The average molecular weight is 276 g/mol. The number of aromatic hydroxyl groups is 1. The number of thiazole rings is 1. The van der Waals surface area contributed by atoms with Gasteiger partial charge in [-0.15, -0.1) is 11.3 Å². The van der Waals surface area contributed by atoms with Crippen molar-refractivity contribution in [2.45, 2.75) is 13.8 Å². The summed E-state index contributed by atoms with van der Waals surface area (Å²) < 4.78 is 0. The van der Waals surface area contributed by atoms with Gasteiger partial charge in [-0.3, -0.25) is 14.9 Å². The van der Waals surface area contributed by atoms with E-state index in [-0.39, 0.29) is 17.1 Å². The third kappa shape index (κ3) is 2.97. The standard InChI is InChI=1S/C13H12N2O3S/c1-7-3-4-11(17)9(5-7)12(18)15-13-14-10(6-19-13)8(2)16/h3-6,17H,1-2H3,(H,14,15,18). The van der Waals surface area contributed by atoms with Crippen LogP contribution in [0.1, 0.15) is 33.3 Å². The number of amides is 1. The quantitative estimate of drug-likeness (QED) is 0.844. The van der Waals surface area contributed by atoms with Gasteiger partial charge in [0.15, 0.2) is 10.9 Å². The number of phenolic OH excluding ortho intramolecular Hbond substituents is 1. The zero-order valence-electron chi connectivity index (χ0n) is 10.4. The molecule has 1 aromatic carbocycles. The monoisotopic (exact) mass is 276 g/mol. The van der Waals surface area contributed by atoms with Gasteiger partial charge in [0.2, 0.25) is 0 Å². The molecular weight excluding hydrogens is 264 g/mol. The van der Waals surface area contributed by atoms with Gasteiger partial charge in [-0.1, -0.05) is 11.6 Å². The summed E-state index contributed by atoms with van der Waals surface area (Å²) >= 11 is 1.17. The van der Waals surface area contributed by atoms with E-state index in [1.54, 1.807) is 17.5 Å². The molecule has 0 fully saturated rings. The minimum absolute atomic E-state index is 0.0913. The number of hydrogen-bond acceptors (Lipinski definition) is 5. The summed E-state index contributed by atoms with van der Waals surface area (Å²) in [6, 6.07) is 4.76. The summed E-state index contributed by atoms with van der Waals surface area (Å²) in [4.78, 5) is 27.1. The third-order valence-electron chi connectivity index (χ3n) is 2.48. The van der Waals surface area contributed by atoms with E-state index >= 15 is 0 Å². The van der Waals surface area contributed by atoms with Crippen LogP contribution in [0.5, 0.6) is 5.75 Å². The number of phenols is 1. The van der Waals surface area contributed by atoms with Gasteiger partial charge in [0.1, 0.15) is 11.4 Å². The highest BCUT2D eigenvalue weighted by molar-refractivity contribution is 7.14. The summed E-state index contributed by atoms with van der Waals surface area (Å²) in [7, 11) is 0. The fraction of sp³-hybridized carbons (Fsp3) is 0.154. The van der Waals surface area contributed by atoms with Gasteiger partial charge in [0.05, 0.1) is 5.56 Å². The number of carbonyl (C=O) groups excluding carboxylic acids is 2. The lowest BCUT2D eigenvalue weighted by molar-refractivity contribution is 0.100. The Labute approximate surface area is 113 Å². The molecule has 0 unspecified atom stereocenters. The zero-order valence-corrected chi connectivity index (χ0v) is 11.2. The summed E-state index contributed by atoms with van der Waals surface area (Å²) in [5.41, 5.74) is 1.36. The Bertz CT molecular complexity index is 649. The van der Waals surface area contributed by atoms with E-state index in [0.717, 1.165) is 5.56 Å². The van der Waals surface area contributed by atoms with Crippen molar-refractivity contribution < 1.29 is 14.7 Å². The van der Waals surface area contributed by atoms with Crippen LogP contribution in [0.25, 0.3) is 0 Å². The van der Waals surface area contributed by atoms with Crippen LogP contribution in [0.4, 0.5) is 5.13 Å². The second-order valence-corrected chi connectivity index (χ2v) is 4.93. The first kappa shape index (κ1) is 13.2. The van der Waals surface area contributed by atoms with E-state index in [4.69, 9.17) is 0 Å². The molecule has 0 saturated heterocycles. The molecule has 0 spiro atoms. The van der Waals surface area contributed by atoms with Gasteiger partial charge in [0, 0.05) is 12.3 Å². The van der Waals surface area contributed by atoms with Crippen LogP contribution in [0, 0.1) is 6.92 Å². The number of anilines is 1. The van der Waals surface area contributed by atoms with E-state index in [1.807, 2.05) is 6.92 Å². The maximum atomic E-state index is 12.0. The van der Waals surface area contributed by atoms with Gasteiger partial charge in [-0.2, -0.15) is 0 Å². The Morgan fingerprint density at radius 3 is 2.74 bits per heavy atom. The summed E-state index contributed by atoms with van der Waals surface area (Å²) in [6.07, 6.45) is 0. The van der Waals surface area contributed by atoms with Crippen LogP contribution in [0.3, 0.4) is 0 Å². The minimum atomic E-state index is -0.453.